The summed E-state index contributed by atoms with van der Waals surface area (Å²) in [5.74, 6) is -0.0442. The Hall–Kier alpha value is -2.23. The van der Waals surface area contributed by atoms with Gasteiger partial charge in [0.15, 0.2) is 0 Å². The Bertz CT molecular complexity index is 561. The highest BCUT2D eigenvalue weighted by molar-refractivity contribution is 5.94. The summed E-state index contributed by atoms with van der Waals surface area (Å²) in [6, 6.07) is 9.11. The van der Waals surface area contributed by atoms with Crippen LogP contribution in [0.15, 0.2) is 41.0 Å². The summed E-state index contributed by atoms with van der Waals surface area (Å²) in [5.41, 5.74) is 1.96. The summed E-state index contributed by atoms with van der Waals surface area (Å²) in [5, 5.41) is 12.4. The minimum Gasteiger partial charge on any atom is -0.478 e. The van der Waals surface area contributed by atoms with Crippen molar-refractivity contribution in [1.29, 1.82) is 0 Å². The maximum absolute atomic E-state index is 11.2. The van der Waals surface area contributed by atoms with Crippen LogP contribution in [0.3, 0.4) is 0 Å². The monoisotopic (exact) mass is 259 g/mol. The van der Waals surface area contributed by atoms with Gasteiger partial charge in [-0.2, -0.15) is 0 Å². The zero-order valence-corrected chi connectivity index (χ0v) is 11.0. The maximum atomic E-state index is 11.2. The summed E-state index contributed by atoms with van der Waals surface area (Å²) in [7, 11) is 0. The molecule has 1 aromatic carbocycles. The van der Waals surface area contributed by atoms with E-state index in [0.717, 1.165) is 11.3 Å². The highest BCUT2D eigenvalue weighted by Crippen LogP contribution is 2.19. The van der Waals surface area contributed by atoms with Crippen molar-refractivity contribution in [3.05, 3.63) is 53.5 Å². The molecular weight excluding hydrogens is 242 g/mol. The van der Waals surface area contributed by atoms with Gasteiger partial charge in [0.25, 0.3) is 0 Å². The molecule has 2 aromatic rings. The smallest absolute Gasteiger partial charge is 0.337 e. The van der Waals surface area contributed by atoms with E-state index in [9.17, 15) is 4.79 Å². The Morgan fingerprint density at radius 2 is 2.21 bits per heavy atom. The van der Waals surface area contributed by atoms with Gasteiger partial charge in [0.2, 0.25) is 0 Å². The predicted molar refractivity (Wildman–Crippen MR) is 73.6 cm³/mol. The number of benzene rings is 1. The fourth-order valence-electron chi connectivity index (χ4n) is 2.01. The van der Waals surface area contributed by atoms with Crippen molar-refractivity contribution in [2.75, 3.05) is 5.32 Å². The molecule has 19 heavy (non-hydrogen) atoms. The van der Waals surface area contributed by atoms with Crippen LogP contribution in [-0.4, -0.2) is 17.1 Å². The van der Waals surface area contributed by atoms with Crippen molar-refractivity contribution < 1.29 is 14.3 Å². The third-order valence-electron chi connectivity index (χ3n) is 2.89. The van der Waals surface area contributed by atoms with Crippen molar-refractivity contribution >= 4 is 11.7 Å². The number of aromatic carboxylic acids is 1. The van der Waals surface area contributed by atoms with E-state index < -0.39 is 5.97 Å². The molecule has 0 bridgehead atoms. The number of furan rings is 1. The number of rotatable bonds is 5. The first-order valence-electron chi connectivity index (χ1n) is 6.19. The van der Waals surface area contributed by atoms with Gasteiger partial charge in [0.1, 0.15) is 5.76 Å². The fraction of sp³-hybridized carbons (Fsp3) is 0.267. The summed E-state index contributed by atoms with van der Waals surface area (Å²) in [6.07, 6.45) is 2.34. The van der Waals surface area contributed by atoms with Gasteiger partial charge in [0, 0.05) is 18.2 Å². The SMILES string of the molecule is Cc1ccc(C(=O)O)c(NC(C)Cc2ccco2)c1. The summed E-state index contributed by atoms with van der Waals surface area (Å²) < 4.78 is 5.29. The second-order valence-corrected chi connectivity index (χ2v) is 4.68. The minimum absolute atomic E-state index is 0.0889. The first-order valence-corrected chi connectivity index (χ1v) is 6.19. The van der Waals surface area contributed by atoms with Crippen LogP contribution in [0, 0.1) is 6.92 Å². The Balaban J connectivity index is 2.13. The highest BCUT2D eigenvalue weighted by atomic mass is 16.4. The molecule has 0 aliphatic rings. The van der Waals surface area contributed by atoms with E-state index in [-0.39, 0.29) is 11.6 Å². The molecular formula is C15H17NO3. The molecule has 0 spiro atoms. The number of carboxylic acids is 1. The second-order valence-electron chi connectivity index (χ2n) is 4.68. The van der Waals surface area contributed by atoms with Gasteiger partial charge in [-0.05, 0) is 43.7 Å². The van der Waals surface area contributed by atoms with Gasteiger partial charge in [0.05, 0.1) is 11.8 Å². The van der Waals surface area contributed by atoms with Crippen LogP contribution in [0.2, 0.25) is 0 Å². The Labute approximate surface area is 112 Å². The third kappa shape index (κ3) is 3.37. The Kier molecular flexibility index (Phi) is 3.90. The first kappa shape index (κ1) is 13.2. The van der Waals surface area contributed by atoms with E-state index >= 15 is 0 Å². The molecule has 4 nitrogen and oxygen atoms in total. The van der Waals surface area contributed by atoms with Gasteiger partial charge in [-0.15, -0.1) is 0 Å². The molecule has 0 amide bonds. The number of hydrogen-bond donors (Lipinski definition) is 2. The number of carboxylic acid groups (broad SMARTS) is 1. The topological polar surface area (TPSA) is 62.5 Å². The van der Waals surface area contributed by atoms with E-state index in [4.69, 9.17) is 9.52 Å². The van der Waals surface area contributed by atoms with Crippen LogP contribution in [-0.2, 0) is 6.42 Å². The standard InChI is InChI=1S/C15H17NO3/c1-10-5-6-13(15(17)18)14(8-10)16-11(2)9-12-4-3-7-19-12/h3-8,11,16H,9H2,1-2H3,(H,17,18). The molecule has 1 unspecified atom stereocenters. The van der Waals surface area contributed by atoms with Gasteiger partial charge < -0.3 is 14.8 Å². The van der Waals surface area contributed by atoms with Gasteiger partial charge >= 0.3 is 5.97 Å². The first-order chi connectivity index (χ1) is 9.06. The molecule has 1 atom stereocenters. The normalized spacial score (nSPS) is 12.1. The molecule has 1 heterocycles. The summed E-state index contributed by atoms with van der Waals surface area (Å²) >= 11 is 0. The largest absolute Gasteiger partial charge is 0.478 e. The minimum atomic E-state index is -0.923. The molecule has 0 aliphatic carbocycles. The number of nitrogens with one attached hydrogen (secondary N) is 1. The third-order valence-corrected chi connectivity index (χ3v) is 2.89. The van der Waals surface area contributed by atoms with Crippen molar-refractivity contribution in [3.63, 3.8) is 0 Å². The molecule has 2 N–H and O–H groups in total. The van der Waals surface area contributed by atoms with E-state index in [1.165, 1.54) is 0 Å². The van der Waals surface area contributed by atoms with Gasteiger partial charge in [-0.1, -0.05) is 6.07 Å². The number of hydrogen-bond acceptors (Lipinski definition) is 3. The maximum Gasteiger partial charge on any atom is 0.337 e. The molecule has 0 saturated carbocycles. The highest BCUT2D eigenvalue weighted by Gasteiger charge is 2.13. The lowest BCUT2D eigenvalue weighted by Gasteiger charge is -2.16. The van der Waals surface area contributed by atoms with Crippen LogP contribution in [0.1, 0.15) is 28.6 Å². The van der Waals surface area contributed by atoms with Crippen molar-refractivity contribution in [1.82, 2.24) is 0 Å². The van der Waals surface area contributed by atoms with E-state index in [0.29, 0.717) is 12.1 Å². The fourth-order valence-corrected chi connectivity index (χ4v) is 2.01. The van der Waals surface area contributed by atoms with Gasteiger partial charge in [-0.25, -0.2) is 4.79 Å². The molecule has 1 aromatic heterocycles. The zero-order valence-electron chi connectivity index (χ0n) is 11.0. The van der Waals surface area contributed by atoms with Crippen LogP contribution < -0.4 is 5.32 Å². The van der Waals surface area contributed by atoms with Crippen LogP contribution in [0.4, 0.5) is 5.69 Å². The molecule has 4 heteroatoms. The quantitative estimate of drug-likeness (QED) is 0.864. The van der Waals surface area contributed by atoms with Crippen molar-refractivity contribution in [3.8, 4) is 0 Å². The van der Waals surface area contributed by atoms with E-state index in [1.54, 1.807) is 18.4 Å². The Morgan fingerprint density at radius 3 is 2.84 bits per heavy atom. The average molecular weight is 259 g/mol. The predicted octanol–water partition coefficient (Wildman–Crippen LogP) is 3.33. The molecule has 0 aliphatic heterocycles. The molecule has 100 valence electrons. The lowest BCUT2D eigenvalue weighted by Crippen LogP contribution is -2.19. The lowest BCUT2D eigenvalue weighted by atomic mass is 10.1. The van der Waals surface area contributed by atoms with Crippen LogP contribution in [0.5, 0.6) is 0 Å². The number of carbonyl (C=O) groups is 1. The van der Waals surface area contributed by atoms with E-state index in [1.807, 2.05) is 32.0 Å². The zero-order chi connectivity index (χ0) is 13.8. The van der Waals surface area contributed by atoms with Crippen molar-refractivity contribution in [2.45, 2.75) is 26.3 Å². The van der Waals surface area contributed by atoms with E-state index in [2.05, 4.69) is 5.32 Å². The second kappa shape index (κ2) is 5.61. The Morgan fingerprint density at radius 1 is 1.42 bits per heavy atom. The van der Waals surface area contributed by atoms with Crippen LogP contribution in [0.25, 0.3) is 0 Å². The van der Waals surface area contributed by atoms with Crippen molar-refractivity contribution in [2.24, 2.45) is 0 Å². The average Bonchev–Trinajstić information content (AvgIpc) is 2.81. The molecule has 2 rings (SSSR count). The summed E-state index contributed by atoms with van der Waals surface area (Å²) in [4.78, 5) is 11.2. The molecule has 0 fully saturated rings. The molecule has 0 saturated heterocycles. The lowest BCUT2D eigenvalue weighted by molar-refractivity contribution is 0.0698. The number of anilines is 1. The molecule has 0 radical (unpaired) electrons. The number of aryl methyl sites for hydroxylation is 1. The van der Waals surface area contributed by atoms with Crippen LogP contribution >= 0.6 is 0 Å². The summed E-state index contributed by atoms with van der Waals surface area (Å²) in [6.45, 7) is 3.94. The van der Waals surface area contributed by atoms with Gasteiger partial charge in [-0.3, -0.25) is 0 Å².